The second-order valence-corrected chi connectivity index (χ2v) is 6.30. The number of hydrogen-bond donors (Lipinski definition) is 3. The molecule has 4 atom stereocenters. The van der Waals surface area contributed by atoms with Gasteiger partial charge in [0.25, 0.3) is 0 Å². The van der Waals surface area contributed by atoms with E-state index in [4.69, 9.17) is 0 Å². The van der Waals surface area contributed by atoms with Gasteiger partial charge in [0, 0.05) is 13.0 Å². The van der Waals surface area contributed by atoms with Gasteiger partial charge in [-0.05, 0) is 24.9 Å². The minimum Gasteiger partial charge on any atom is -0.395 e. The lowest BCUT2D eigenvalue weighted by molar-refractivity contribution is -0.125. The number of carbonyl (C=O) groups is 1. The average Bonchev–Trinajstić information content (AvgIpc) is 2.60. The smallest absolute Gasteiger partial charge is 0.220 e. The molecule has 1 saturated heterocycles. The first-order valence-corrected chi connectivity index (χ1v) is 8.57. The highest BCUT2D eigenvalue weighted by Crippen LogP contribution is 2.22. The Bertz CT molecular complexity index is 514. The Kier molecular flexibility index (Phi) is 7.15. The maximum Gasteiger partial charge on any atom is 0.220 e. The van der Waals surface area contributed by atoms with Crippen LogP contribution < -0.4 is 5.32 Å². The van der Waals surface area contributed by atoms with E-state index in [1.54, 1.807) is 6.92 Å². The number of piperidine rings is 1. The van der Waals surface area contributed by atoms with Gasteiger partial charge in [-0.3, -0.25) is 9.69 Å². The van der Waals surface area contributed by atoms with Crippen molar-refractivity contribution in [3.63, 3.8) is 0 Å². The van der Waals surface area contributed by atoms with E-state index in [9.17, 15) is 19.4 Å². The Morgan fingerprint density at radius 1 is 1.38 bits per heavy atom. The molecule has 1 aliphatic heterocycles. The van der Waals surface area contributed by atoms with E-state index in [2.05, 4.69) is 17.4 Å². The molecule has 0 bridgehead atoms. The zero-order chi connectivity index (χ0) is 17.5. The molecule has 0 spiro atoms. The van der Waals surface area contributed by atoms with Crippen LogP contribution in [0.25, 0.3) is 0 Å². The van der Waals surface area contributed by atoms with Crippen LogP contribution in [-0.2, 0) is 11.2 Å². The largest absolute Gasteiger partial charge is 0.395 e. The number of aryl methyl sites for hydroxylation is 1. The molecule has 24 heavy (non-hydrogen) atoms. The van der Waals surface area contributed by atoms with Gasteiger partial charge in [0.05, 0.1) is 18.7 Å². The number of alkyl halides is 1. The molecule has 0 aromatic heterocycles. The van der Waals surface area contributed by atoms with Gasteiger partial charge in [0.15, 0.2) is 0 Å². The molecule has 1 aliphatic rings. The van der Waals surface area contributed by atoms with E-state index in [1.807, 2.05) is 23.1 Å². The first-order valence-electron chi connectivity index (χ1n) is 8.57. The molecule has 134 valence electrons. The third-order valence-corrected chi connectivity index (χ3v) is 4.61. The van der Waals surface area contributed by atoms with Gasteiger partial charge in [-0.15, -0.1) is 0 Å². The lowest BCUT2D eigenvalue weighted by Crippen LogP contribution is -2.65. The number of carbonyl (C=O) groups excluding carboxylic acids is 1. The van der Waals surface area contributed by atoms with Crippen LogP contribution in [0.1, 0.15) is 25.3 Å². The first-order chi connectivity index (χ1) is 11.6. The maximum atomic E-state index is 14.3. The molecular weight excluding hydrogens is 311 g/mol. The number of aliphatic hydroxyl groups is 2. The number of likely N-dealkylation sites (tertiary alicyclic amines) is 1. The minimum absolute atomic E-state index is 0.235. The fourth-order valence-electron chi connectivity index (χ4n) is 3.20. The summed E-state index contributed by atoms with van der Waals surface area (Å²) < 4.78 is 14.3. The number of hydrogen-bond acceptors (Lipinski definition) is 4. The van der Waals surface area contributed by atoms with Gasteiger partial charge >= 0.3 is 0 Å². The standard InChI is InChI=1S/C18H27FN2O3/c1-2-16(23)20-14-11-21(15(12-22)18(24)17(14)19)10-6-9-13-7-4-3-5-8-13/h3-5,7-8,14-15,17-18,22,24H,2,6,9-12H2,1H3,(H,20,23)/t14-,15+,17+,18+/m0/s1. The molecule has 0 saturated carbocycles. The molecule has 1 aromatic carbocycles. The van der Waals surface area contributed by atoms with E-state index in [1.165, 1.54) is 5.56 Å². The van der Waals surface area contributed by atoms with E-state index in [0.29, 0.717) is 13.1 Å². The highest BCUT2D eigenvalue weighted by molar-refractivity contribution is 5.76. The number of nitrogens with one attached hydrogen (secondary N) is 1. The molecule has 0 unspecified atom stereocenters. The third kappa shape index (κ3) is 4.75. The van der Waals surface area contributed by atoms with Crippen molar-refractivity contribution in [2.45, 2.75) is 50.5 Å². The molecule has 0 aliphatic carbocycles. The van der Waals surface area contributed by atoms with Gasteiger partial charge < -0.3 is 15.5 Å². The molecular formula is C18H27FN2O3. The van der Waals surface area contributed by atoms with Crippen molar-refractivity contribution in [3.8, 4) is 0 Å². The Labute approximate surface area is 142 Å². The average molecular weight is 338 g/mol. The molecule has 2 rings (SSSR count). The molecule has 0 radical (unpaired) electrons. The maximum absolute atomic E-state index is 14.3. The number of nitrogens with zero attached hydrogens (tertiary/aromatic N) is 1. The molecule has 1 amide bonds. The van der Waals surface area contributed by atoms with Crippen LogP contribution in [0.15, 0.2) is 30.3 Å². The lowest BCUT2D eigenvalue weighted by Gasteiger charge is -2.44. The molecule has 1 heterocycles. The SMILES string of the molecule is CCC(=O)N[C@H]1CN(CCCc2ccccc2)[C@H](CO)[C@@H](O)[C@@H]1F. The number of benzene rings is 1. The van der Waals surface area contributed by atoms with Gasteiger partial charge in [-0.2, -0.15) is 0 Å². The summed E-state index contributed by atoms with van der Waals surface area (Å²) in [6.45, 7) is 2.32. The Morgan fingerprint density at radius 2 is 2.08 bits per heavy atom. The van der Waals surface area contributed by atoms with E-state index in [-0.39, 0.29) is 18.9 Å². The topological polar surface area (TPSA) is 72.8 Å². The van der Waals surface area contributed by atoms with Crippen molar-refractivity contribution in [2.24, 2.45) is 0 Å². The van der Waals surface area contributed by atoms with Crippen molar-refractivity contribution < 1.29 is 19.4 Å². The van der Waals surface area contributed by atoms with Gasteiger partial charge in [0.1, 0.15) is 12.3 Å². The summed E-state index contributed by atoms with van der Waals surface area (Å²) in [4.78, 5) is 13.4. The summed E-state index contributed by atoms with van der Waals surface area (Å²) in [6, 6.07) is 8.67. The molecule has 3 N–H and O–H groups in total. The molecule has 5 nitrogen and oxygen atoms in total. The number of aliphatic hydroxyl groups excluding tert-OH is 2. The summed E-state index contributed by atoms with van der Waals surface area (Å²) >= 11 is 0. The fraction of sp³-hybridized carbons (Fsp3) is 0.611. The van der Waals surface area contributed by atoms with Crippen molar-refractivity contribution in [3.05, 3.63) is 35.9 Å². The second-order valence-electron chi connectivity index (χ2n) is 6.30. The highest BCUT2D eigenvalue weighted by atomic mass is 19.1. The quantitative estimate of drug-likeness (QED) is 0.690. The second kappa shape index (κ2) is 9.11. The summed E-state index contributed by atoms with van der Waals surface area (Å²) in [5, 5.41) is 22.3. The normalized spacial score (nSPS) is 27.8. The Hall–Kier alpha value is -1.50. The Morgan fingerprint density at radius 3 is 2.71 bits per heavy atom. The minimum atomic E-state index is -1.57. The fourth-order valence-corrected chi connectivity index (χ4v) is 3.20. The van der Waals surface area contributed by atoms with Crippen LogP contribution in [0.2, 0.25) is 0 Å². The van der Waals surface area contributed by atoms with Crippen LogP contribution in [0, 0.1) is 0 Å². The summed E-state index contributed by atoms with van der Waals surface area (Å²) in [5.74, 6) is -0.235. The molecule has 1 aromatic rings. The zero-order valence-corrected chi connectivity index (χ0v) is 14.1. The van der Waals surface area contributed by atoms with Crippen LogP contribution in [0.4, 0.5) is 4.39 Å². The number of halogens is 1. The van der Waals surface area contributed by atoms with Crippen LogP contribution in [0.3, 0.4) is 0 Å². The first kappa shape index (κ1) is 18.8. The van der Waals surface area contributed by atoms with Crippen LogP contribution >= 0.6 is 0 Å². The lowest BCUT2D eigenvalue weighted by atomic mass is 9.93. The van der Waals surface area contributed by atoms with Crippen LogP contribution in [-0.4, -0.2) is 65.1 Å². The van der Waals surface area contributed by atoms with E-state index >= 15 is 0 Å². The van der Waals surface area contributed by atoms with Crippen molar-refractivity contribution in [1.82, 2.24) is 10.2 Å². The Balaban J connectivity index is 1.95. The van der Waals surface area contributed by atoms with Gasteiger partial charge in [0.2, 0.25) is 5.91 Å². The monoisotopic (exact) mass is 338 g/mol. The van der Waals surface area contributed by atoms with Gasteiger partial charge in [-0.25, -0.2) is 4.39 Å². The van der Waals surface area contributed by atoms with Crippen molar-refractivity contribution in [2.75, 3.05) is 19.7 Å². The third-order valence-electron chi connectivity index (χ3n) is 4.61. The number of amides is 1. The zero-order valence-electron chi connectivity index (χ0n) is 14.1. The summed E-state index contributed by atoms with van der Waals surface area (Å²) in [7, 11) is 0. The number of rotatable bonds is 7. The molecule has 1 fully saturated rings. The van der Waals surface area contributed by atoms with Crippen LogP contribution in [0.5, 0.6) is 0 Å². The summed E-state index contributed by atoms with van der Waals surface area (Å²) in [6.07, 6.45) is -0.892. The van der Waals surface area contributed by atoms with Crippen molar-refractivity contribution in [1.29, 1.82) is 0 Å². The predicted octanol–water partition coefficient (Wildman–Crippen LogP) is 0.889. The highest BCUT2D eigenvalue weighted by Gasteiger charge is 2.43. The van der Waals surface area contributed by atoms with Crippen molar-refractivity contribution >= 4 is 5.91 Å². The van der Waals surface area contributed by atoms with Gasteiger partial charge in [-0.1, -0.05) is 37.3 Å². The van der Waals surface area contributed by atoms with E-state index < -0.39 is 24.4 Å². The van der Waals surface area contributed by atoms with E-state index in [0.717, 1.165) is 12.8 Å². The molecule has 6 heteroatoms. The summed E-state index contributed by atoms with van der Waals surface area (Å²) in [5.41, 5.74) is 1.22. The predicted molar refractivity (Wildman–Crippen MR) is 90.3 cm³/mol.